The molecular weight excluding hydrogens is 298 g/mol. The van der Waals surface area contributed by atoms with Gasteiger partial charge in [-0.15, -0.1) is 34.3 Å². The molecule has 2 heterocycles. The summed E-state index contributed by atoms with van der Waals surface area (Å²) in [4.78, 5) is 12.8. The molecular formula is C14H18ClNOS2. The van der Waals surface area contributed by atoms with Crippen molar-refractivity contribution in [2.24, 2.45) is 5.92 Å². The fraction of sp³-hybridized carbons (Fsp3) is 0.500. The van der Waals surface area contributed by atoms with Crippen molar-refractivity contribution in [3.63, 3.8) is 0 Å². The first-order valence-electron chi connectivity index (χ1n) is 6.55. The number of hydrogen-bond acceptors (Lipinski definition) is 3. The minimum absolute atomic E-state index is 0.00925. The Balaban J connectivity index is 1.92. The van der Waals surface area contributed by atoms with E-state index in [1.165, 1.54) is 20.7 Å². The van der Waals surface area contributed by atoms with Crippen molar-refractivity contribution < 1.29 is 4.79 Å². The van der Waals surface area contributed by atoms with Crippen molar-refractivity contribution in [1.29, 1.82) is 0 Å². The van der Waals surface area contributed by atoms with Crippen LogP contribution in [0, 0.1) is 5.92 Å². The number of carbonyl (C=O) groups excluding carboxylic acids is 1. The summed E-state index contributed by atoms with van der Waals surface area (Å²) in [6.07, 6.45) is 2.10. The second-order valence-electron chi connectivity index (χ2n) is 4.56. The zero-order valence-electron chi connectivity index (χ0n) is 11.1. The summed E-state index contributed by atoms with van der Waals surface area (Å²) in [5.41, 5.74) is 0. The number of amides is 1. The predicted octanol–water partition coefficient (Wildman–Crippen LogP) is 4.74. The number of carbonyl (C=O) groups is 1. The maximum atomic E-state index is 12.1. The lowest BCUT2D eigenvalue weighted by Gasteiger charge is -2.19. The SMILES string of the molecule is CCC(CC)C(Cl)CNC(=O)c1cc2sccc2s1. The summed E-state index contributed by atoms with van der Waals surface area (Å²) in [5, 5.41) is 5.00. The third-order valence-electron chi connectivity index (χ3n) is 3.38. The van der Waals surface area contributed by atoms with Gasteiger partial charge in [-0.3, -0.25) is 4.79 Å². The highest BCUT2D eigenvalue weighted by molar-refractivity contribution is 7.27. The standard InChI is InChI=1S/C14H18ClNOS2/c1-3-9(4-2)10(15)8-16-14(17)13-7-12-11(19-13)5-6-18-12/h5-7,9-10H,3-4,8H2,1-2H3,(H,16,17). The minimum Gasteiger partial charge on any atom is -0.350 e. The second kappa shape index (κ2) is 6.73. The van der Waals surface area contributed by atoms with Crippen LogP contribution in [0.5, 0.6) is 0 Å². The normalized spacial score (nSPS) is 13.1. The Morgan fingerprint density at radius 2 is 2.11 bits per heavy atom. The van der Waals surface area contributed by atoms with Crippen molar-refractivity contribution in [1.82, 2.24) is 5.32 Å². The molecule has 1 unspecified atom stereocenters. The molecule has 2 nitrogen and oxygen atoms in total. The molecule has 0 aliphatic rings. The molecule has 2 aromatic rings. The molecule has 1 amide bonds. The molecule has 104 valence electrons. The van der Waals surface area contributed by atoms with E-state index in [2.05, 4.69) is 25.2 Å². The molecule has 0 spiro atoms. The van der Waals surface area contributed by atoms with Crippen LogP contribution in [0.2, 0.25) is 0 Å². The predicted molar refractivity (Wildman–Crippen MR) is 85.7 cm³/mol. The van der Waals surface area contributed by atoms with E-state index >= 15 is 0 Å². The van der Waals surface area contributed by atoms with Crippen LogP contribution < -0.4 is 5.32 Å². The lowest BCUT2D eigenvalue weighted by atomic mass is 9.99. The number of alkyl halides is 1. The fourth-order valence-electron chi connectivity index (χ4n) is 2.12. The van der Waals surface area contributed by atoms with Gasteiger partial charge < -0.3 is 5.32 Å². The van der Waals surface area contributed by atoms with Crippen LogP contribution in [0.3, 0.4) is 0 Å². The van der Waals surface area contributed by atoms with Gasteiger partial charge in [-0.2, -0.15) is 0 Å². The van der Waals surface area contributed by atoms with Crippen LogP contribution in [0.25, 0.3) is 9.40 Å². The van der Waals surface area contributed by atoms with Gasteiger partial charge in [0.2, 0.25) is 0 Å². The molecule has 2 rings (SSSR count). The van der Waals surface area contributed by atoms with Gasteiger partial charge in [-0.1, -0.05) is 26.7 Å². The van der Waals surface area contributed by atoms with Gasteiger partial charge in [-0.25, -0.2) is 0 Å². The monoisotopic (exact) mass is 315 g/mol. The molecule has 1 N–H and O–H groups in total. The molecule has 5 heteroatoms. The third kappa shape index (κ3) is 3.50. The highest BCUT2D eigenvalue weighted by Crippen LogP contribution is 2.29. The van der Waals surface area contributed by atoms with Crippen molar-refractivity contribution in [2.45, 2.75) is 32.1 Å². The van der Waals surface area contributed by atoms with Gasteiger partial charge in [0.15, 0.2) is 0 Å². The lowest BCUT2D eigenvalue weighted by molar-refractivity contribution is 0.0955. The molecule has 0 aliphatic heterocycles. The maximum Gasteiger partial charge on any atom is 0.261 e. The molecule has 19 heavy (non-hydrogen) atoms. The Morgan fingerprint density at radius 1 is 1.37 bits per heavy atom. The number of hydrogen-bond donors (Lipinski definition) is 1. The second-order valence-corrected chi connectivity index (χ2v) is 7.15. The largest absolute Gasteiger partial charge is 0.350 e. The Hall–Kier alpha value is -0.580. The lowest BCUT2D eigenvalue weighted by Crippen LogP contribution is -2.32. The molecule has 0 saturated carbocycles. The van der Waals surface area contributed by atoms with E-state index in [-0.39, 0.29) is 11.3 Å². The van der Waals surface area contributed by atoms with Crippen LogP contribution in [-0.4, -0.2) is 17.8 Å². The summed E-state index contributed by atoms with van der Waals surface area (Å²) in [7, 11) is 0. The minimum atomic E-state index is -0.00925. The molecule has 1 atom stereocenters. The van der Waals surface area contributed by atoms with Gasteiger partial charge in [-0.05, 0) is 23.4 Å². The van der Waals surface area contributed by atoms with E-state index in [4.69, 9.17) is 11.6 Å². The summed E-state index contributed by atoms with van der Waals surface area (Å²) in [6, 6.07) is 4.01. The van der Waals surface area contributed by atoms with Gasteiger partial charge in [0, 0.05) is 15.9 Å². The maximum absolute atomic E-state index is 12.1. The third-order valence-corrected chi connectivity index (χ3v) is 5.98. The van der Waals surface area contributed by atoms with Crippen LogP contribution in [-0.2, 0) is 0 Å². The van der Waals surface area contributed by atoms with Crippen LogP contribution in [0.4, 0.5) is 0 Å². The summed E-state index contributed by atoms with van der Waals surface area (Å²) in [5.74, 6) is 0.457. The first kappa shape index (κ1) is 14.8. The van der Waals surface area contributed by atoms with Gasteiger partial charge >= 0.3 is 0 Å². The molecule has 0 bridgehead atoms. The molecule has 0 aliphatic carbocycles. The first-order chi connectivity index (χ1) is 9.15. The van der Waals surface area contributed by atoms with E-state index in [1.807, 2.05) is 11.4 Å². The topological polar surface area (TPSA) is 29.1 Å². The fourth-order valence-corrected chi connectivity index (χ4v) is 4.58. The number of halogens is 1. The van der Waals surface area contributed by atoms with Gasteiger partial charge in [0.1, 0.15) is 0 Å². The first-order valence-corrected chi connectivity index (χ1v) is 8.68. The molecule has 0 fully saturated rings. The molecule has 0 aromatic carbocycles. The molecule has 2 aromatic heterocycles. The Labute approximate surface area is 126 Å². The summed E-state index contributed by atoms with van der Waals surface area (Å²) < 4.78 is 2.36. The van der Waals surface area contributed by atoms with Crippen LogP contribution in [0.1, 0.15) is 36.4 Å². The van der Waals surface area contributed by atoms with Crippen molar-refractivity contribution in [2.75, 3.05) is 6.54 Å². The zero-order chi connectivity index (χ0) is 13.8. The van der Waals surface area contributed by atoms with E-state index in [1.54, 1.807) is 11.3 Å². The van der Waals surface area contributed by atoms with Gasteiger partial charge in [0.25, 0.3) is 5.91 Å². The van der Waals surface area contributed by atoms with Crippen molar-refractivity contribution >= 4 is 49.6 Å². The van der Waals surface area contributed by atoms with E-state index in [9.17, 15) is 4.79 Å². The number of thiophene rings is 2. The van der Waals surface area contributed by atoms with Crippen molar-refractivity contribution in [3.8, 4) is 0 Å². The zero-order valence-corrected chi connectivity index (χ0v) is 13.5. The number of nitrogens with one attached hydrogen (secondary N) is 1. The van der Waals surface area contributed by atoms with E-state index < -0.39 is 0 Å². The smallest absolute Gasteiger partial charge is 0.261 e. The quantitative estimate of drug-likeness (QED) is 0.767. The number of fused-ring (bicyclic) bond motifs is 1. The van der Waals surface area contributed by atoms with Gasteiger partial charge in [0.05, 0.1) is 10.3 Å². The Kier molecular flexibility index (Phi) is 5.25. The summed E-state index contributed by atoms with van der Waals surface area (Å²) >= 11 is 9.53. The Bertz CT molecular complexity index is 516. The number of rotatable bonds is 6. The highest BCUT2D eigenvalue weighted by atomic mass is 35.5. The molecule has 0 radical (unpaired) electrons. The average Bonchev–Trinajstić information content (AvgIpc) is 2.98. The molecule has 0 saturated heterocycles. The van der Waals surface area contributed by atoms with E-state index in [0.717, 1.165) is 17.7 Å². The Morgan fingerprint density at radius 3 is 2.74 bits per heavy atom. The van der Waals surface area contributed by atoms with Crippen LogP contribution in [0.15, 0.2) is 17.5 Å². The highest BCUT2D eigenvalue weighted by Gasteiger charge is 2.17. The van der Waals surface area contributed by atoms with Crippen LogP contribution >= 0.6 is 34.3 Å². The average molecular weight is 316 g/mol. The van der Waals surface area contributed by atoms with E-state index in [0.29, 0.717) is 12.5 Å². The summed E-state index contributed by atoms with van der Waals surface area (Å²) in [6.45, 7) is 4.82. The van der Waals surface area contributed by atoms with Crippen molar-refractivity contribution in [3.05, 3.63) is 22.4 Å².